The van der Waals surface area contributed by atoms with Gasteiger partial charge in [0.15, 0.2) is 0 Å². The first-order valence-electron chi connectivity index (χ1n) is 4.26. The Kier molecular flexibility index (Phi) is 3.03. The number of rotatable bonds is 2. The second-order valence-electron chi connectivity index (χ2n) is 2.78. The smallest absolute Gasteiger partial charge is 0.0887 e. The van der Waals surface area contributed by atoms with Crippen LogP contribution in [0.3, 0.4) is 0 Å². The molecule has 0 spiro atoms. The van der Waals surface area contributed by atoms with Crippen LogP contribution >= 0.6 is 22.7 Å². The van der Waals surface area contributed by atoms with Crippen molar-refractivity contribution in [3.63, 3.8) is 0 Å². The number of hydrogen-bond acceptors (Lipinski definition) is 2. The molecule has 0 amide bonds. The Morgan fingerprint density at radius 2 is 1.64 bits per heavy atom. The van der Waals surface area contributed by atoms with Crippen LogP contribution in [0.1, 0.15) is 15.7 Å². The van der Waals surface area contributed by atoms with Crippen molar-refractivity contribution in [2.45, 2.75) is 5.92 Å². The van der Waals surface area contributed by atoms with Crippen molar-refractivity contribution in [1.82, 2.24) is 0 Å². The van der Waals surface area contributed by atoms with Crippen LogP contribution in [-0.2, 0) is 0 Å². The fourth-order valence-corrected chi connectivity index (χ4v) is 2.96. The van der Waals surface area contributed by atoms with Gasteiger partial charge in [-0.3, -0.25) is 0 Å². The van der Waals surface area contributed by atoms with E-state index in [9.17, 15) is 0 Å². The van der Waals surface area contributed by atoms with Crippen LogP contribution < -0.4 is 0 Å². The van der Waals surface area contributed by atoms with Crippen molar-refractivity contribution < 1.29 is 0 Å². The van der Waals surface area contributed by atoms with Gasteiger partial charge in [0.1, 0.15) is 0 Å². The molecule has 14 heavy (non-hydrogen) atoms. The van der Waals surface area contributed by atoms with Gasteiger partial charge in [-0.05, 0) is 22.9 Å². The summed E-state index contributed by atoms with van der Waals surface area (Å²) < 4.78 is 0. The molecule has 2 heterocycles. The third kappa shape index (κ3) is 1.89. The van der Waals surface area contributed by atoms with E-state index in [1.54, 1.807) is 22.7 Å². The van der Waals surface area contributed by atoms with Crippen LogP contribution in [0.25, 0.3) is 0 Å². The molecule has 0 bridgehead atoms. The molecule has 0 unspecified atom stereocenters. The van der Waals surface area contributed by atoms with Gasteiger partial charge in [0.25, 0.3) is 0 Å². The molecular formula is C12H9S2. The molecule has 0 saturated carbocycles. The van der Waals surface area contributed by atoms with E-state index in [1.807, 2.05) is 0 Å². The Morgan fingerprint density at radius 1 is 1.07 bits per heavy atom. The minimum Gasteiger partial charge on any atom is -0.147 e. The van der Waals surface area contributed by atoms with E-state index < -0.39 is 0 Å². The molecule has 0 nitrogen and oxygen atoms in total. The molecule has 2 rings (SSSR count). The Balaban J connectivity index is 2.38. The SMILES string of the molecule is [CH2]C#CC(c1cccs1)c1cccs1. The molecule has 2 aromatic rings. The fraction of sp³-hybridized carbons (Fsp3) is 0.0833. The Bertz CT molecular complexity index is 392. The van der Waals surface area contributed by atoms with Crippen LogP contribution in [0.5, 0.6) is 0 Å². The highest BCUT2D eigenvalue weighted by Crippen LogP contribution is 2.30. The van der Waals surface area contributed by atoms with Gasteiger partial charge < -0.3 is 0 Å². The number of hydrogen-bond donors (Lipinski definition) is 0. The second-order valence-corrected chi connectivity index (χ2v) is 4.74. The second kappa shape index (κ2) is 4.45. The van der Waals surface area contributed by atoms with Gasteiger partial charge in [-0.15, -0.1) is 28.6 Å². The molecule has 1 radical (unpaired) electrons. The van der Waals surface area contributed by atoms with Crippen LogP contribution in [0.4, 0.5) is 0 Å². The normalized spacial score (nSPS) is 9.86. The molecular weight excluding hydrogens is 208 g/mol. The van der Waals surface area contributed by atoms with Crippen molar-refractivity contribution in [1.29, 1.82) is 0 Å². The van der Waals surface area contributed by atoms with Gasteiger partial charge >= 0.3 is 0 Å². The van der Waals surface area contributed by atoms with Gasteiger partial charge in [-0.1, -0.05) is 18.1 Å². The first-order valence-corrected chi connectivity index (χ1v) is 6.02. The highest BCUT2D eigenvalue weighted by atomic mass is 32.1. The van der Waals surface area contributed by atoms with Crippen LogP contribution in [0, 0.1) is 18.8 Å². The predicted octanol–water partition coefficient (Wildman–Crippen LogP) is 3.78. The van der Waals surface area contributed by atoms with Gasteiger partial charge in [-0.25, -0.2) is 0 Å². The van der Waals surface area contributed by atoms with Crippen molar-refractivity contribution in [3.8, 4) is 11.8 Å². The van der Waals surface area contributed by atoms with Gasteiger partial charge in [0, 0.05) is 16.7 Å². The van der Waals surface area contributed by atoms with E-state index in [1.165, 1.54) is 9.75 Å². The zero-order valence-electron chi connectivity index (χ0n) is 7.57. The largest absolute Gasteiger partial charge is 0.147 e. The fourth-order valence-electron chi connectivity index (χ4n) is 1.30. The van der Waals surface area contributed by atoms with E-state index >= 15 is 0 Å². The van der Waals surface area contributed by atoms with E-state index in [0.717, 1.165) is 0 Å². The summed E-state index contributed by atoms with van der Waals surface area (Å²) in [6.07, 6.45) is 0. The summed E-state index contributed by atoms with van der Waals surface area (Å²) in [7, 11) is 0. The lowest BCUT2D eigenvalue weighted by molar-refractivity contribution is 1.14. The minimum absolute atomic E-state index is 0.215. The van der Waals surface area contributed by atoms with Crippen molar-refractivity contribution in [2.75, 3.05) is 0 Å². The zero-order valence-corrected chi connectivity index (χ0v) is 9.20. The summed E-state index contributed by atoms with van der Waals surface area (Å²) in [5.74, 6) is 6.12. The first kappa shape index (κ1) is 9.51. The highest BCUT2D eigenvalue weighted by Gasteiger charge is 2.12. The molecule has 0 aliphatic carbocycles. The zero-order chi connectivity index (χ0) is 9.80. The first-order chi connectivity index (χ1) is 6.92. The van der Waals surface area contributed by atoms with Gasteiger partial charge in [0.05, 0.1) is 5.92 Å². The Morgan fingerprint density at radius 3 is 2.00 bits per heavy atom. The molecule has 0 aliphatic rings. The highest BCUT2D eigenvalue weighted by molar-refractivity contribution is 7.11. The lowest BCUT2D eigenvalue weighted by Gasteiger charge is -2.04. The Labute approximate surface area is 92.2 Å². The average Bonchev–Trinajstić information content (AvgIpc) is 2.87. The maximum atomic E-state index is 3.59. The van der Waals surface area contributed by atoms with Crippen molar-refractivity contribution in [2.24, 2.45) is 0 Å². The molecule has 2 aromatic heterocycles. The lowest BCUT2D eigenvalue weighted by Crippen LogP contribution is -1.91. The molecule has 2 heteroatoms. The quantitative estimate of drug-likeness (QED) is 0.672. The third-order valence-corrected chi connectivity index (χ3v) is 3.78. The van der Waals surface area contributed by atoms with Crippen molar-refractivity contribution in [3.05, 3.63) is 51.7 Å². The average molecular weight is 217 g/mol. The minimum atomic E-state index is 0.215. The molecule has 0 aliphatic heterocycles. The molecule has 69 valence electrons. The summed E-state index contributed by atoms with van der Waals surface area (Å²) in [5.41, 5.74) is 0. The van der Waals surface area contributed by atoms with E-state index in [0.29, 0.717) is 0 Å². The van der Waals surface area contributed by atoms with Crippen LogP contribution in [0.2, 0.25) is 0 Å². The van der Waals surface area contributed by atoms with Crippen molar-refractivity contribution >= 4 is 22.7 Å². The van der Waals surface area contributed by atoms with E-state index in [4.69, 9.17) is 0 Å². The maximum Gasteiger partial charge on any atom is 0.0887 e. The summed E-state index contributed by atoms with van der Waals surface area (Å²) in [5, 5.41) is 4.17. The topological polar surface area (TPSA) is 0 Å². The summed E-state index contributed by atoms with van der Waals surface area (Å²) >= 11 is 3.49. The summed E-state index contributed by atoms with van der Waals surface area (Å²) in [6, 6.07) is 8.37. The summed E-state index contributed by atoms with van der Waals surface area (Å²) in [4.78, 5) is 2.59. The lowest BCUT2D eigenvalue weighted by atomic mass is 10.1. The molecule has 0 N–H and O–H groups in total. The standard InChI is InChI=1S/C12H9S2/c1-2-5-10(11-6-3-8-13-11)12-7-4-9-14-12/h3-4,6-10H,1H2. The monoisotopic (exact) mass is 217 g/mol. The van der Waals surface area contributed by atoms with Gasteiger partial charge in [-0.2, -0.15) is 0 Å². The molecule has 0 fully saturated rings. The summed E-state index contributed by atoms with van der Waals surface area (Å²) in [6.45, 7) is 3.59. The Hall–Kier alpha value is -1.04. The number of thiophene rings is 2. The van der Waals surface area contributed by atoms with Crippen LogP contribution in [0.15, 0.2) is 35.0 Å². The van der Waals surface area contributed by atoms with Gasteiger partial charge in [0.2, 0.25) is 0 Å². The maximum absolute atomic E-state index is 3.59. The molecule has 0 saturated heterocycles. The predicted molar refractivity (Wildman–Crippen MR) is 63.6 cm³/mol. The molecule has 0 atom stereocenters. The van der Waals surface area contributed by atoms with E-state index in [-0.39, 0.29) is 5.92 Å². The van der Waals surface area contributed by atoms with E-state index in [2.05, 4.69) is 53.8 Å². The van der Waals surface area contributed by atoms with Crippen LogP contribution in [-0.4, -0.2) is 0 Å². The molecule has 0 aromatic carbocycles. The third-order valence-electron chi connectivity index (χ3n) is 1.90.